The molecule has 7 nitrogen and oxygen atoms in total. The van der Waals surface area contributed by atoms with Crippen molar-refractivity contribution >= 4 is 17.4 Å². The Morgan fingerprint density at radius 3 is 2.74 bits per heavy atom. The first-order chi connectivity index (χ1) is 16.3. The molecule has 0 bridgehead atoms. The Kier molecular flexibility index (Phi) is 5.51. The number of aryl methyl sites for hydroxylation is 1. The molecule has 3 heterocycles. The summed E-state index contributed by atoms with van der Waals surface area (Å²) in [5.74, 6) is 0.152. The Bertz CT molecular complexity index is 1340. The molecule has 2 N–H and O–H groups in total. The second-order valence-electron chi connectivity index (χ2n) is 8.39. The van der Waals surface area contributed by atoms with Crippen LogP contribution in [0.3, 0.4) is 0 Å². The molecule has 1 aromatic carbocycles. The second kappa shape index (κ2) is 8.51. The summed E-state index contributed by atoms with van der Waals surface area (Å²) in [4.78, 5) is 21.4. The number of alkyl halides is 3. The lowest BCUT2D eigenvalue weighted by molar-refractivity contribution is -0.131. The van der Waals surface area contributed by atoms with Crippen LogP contribution in [-0.4, -0.2) is 39.0 Å². The highest BCUT2D eigenvalue weighted by Crippen LogP contribution is 2.30. The minimum absolute atomic E-state index is 0.0905. The average molecular weight is 469 g/mol. The van der Waals surface area contributed by atoms with Gasteiger partial charge in [0.05, 0.1) is 36.5 Å². The van der Waals surface area contributed by atoms with Gasteiger partial charge in [0.25, 0.3) is 5.91 Å². The molecule has 1 aliphatic rings. The molecule has 3 aromatic heterocycles. The fraction of sp³-hybridized carbons (Fsp3) is 0.292. The Morgan fingerprint density at radius 2 is 2.06 bits per heavy atom. The van der Waals surface area contributed by atoms with Crippen molar-refractivity contribution in [2.75, 3.05) is 11.9 Å². The maximum Gasteiger partial charge on any atom is 0.390 e. The summed E-state index contributed by atoms with van der Waals surface area (Å²) in [6.07, 6.45) is 3.17. The normalized spacial score (nSPS) is 13.9. The molecule has 0 radical (unpaired) electrons. The number of amides is 1. The van der Waals surface area contributed by atoms with Gasteiger partial charge in [0.1, 0.15) is 0 Å². The first kappa shape index (κ1) is 22.0. The van der Waals surface area contributed by atoms with E-state index in [2.05, 4.69) is 20.6 Å². The van der Waals surface area contributed by atoms with Crippen LogP contribution >= 0.6 is 0 Å². The van der Waals surface area contributed by atoms with Gasteiger partial charge in [-0.1, -0.05) is 6.07 Å². The van der Waals surface area contributed by atoms with Crippen LogP contribution in [0.2, 0.25) is 0 Å². The fourth-order valence-corrected chi connectivity index (χ4v) is 3.76. The summed E-state index contributed by atoms with van der Waals surface area (Å²) in [6.45, 7) is 1.55. The number of imidazole rings is 1. The number of hydrogen-bond acceptors (Lipinski definition) is 5. The molecule has 10 heteroatoms. The molecule has 176 valence electrons. The van der Waals surface area contributed by atoms with Gasteiger partial charge in [0.2, 0.25) is 0 Å². The SMILES string of the molecule is Cc1cc(-c2cnc3c(NCCC(F)(F)F)nc(-c4ccoc4)cn23)ccc1C(=O)NC1CC1. The number of carbonyl (C=O) groups excluding carboxylic acids is 1. The predicted molar refractivity (Wildman–Crippen MR) is 121 cm³/mol. The zero-order chi connectivity index (χ0) is 23.9. The summed E-state index contributed by atoms with van der Waals surface area (Å²) >= 11 is 0. The van der Waals surface area contributed by atoms with Crippen LogP contribution in [0.5, 0.6) is 0 Å². The van der Waals surface area contributed by atoms with Crippen molar-refractivity contribution in [3.05, 3.63) is 60.3 Å². The minimum Gasteiger partial charge on any atom is -0.472 e. The standard InChI is InChI=1S/C24H22F3N5O2/c1-14-10-15(2-5-18(14)23(33)30-17-3-4-17)20-11-29-22-21(28-8-7-24(25,26)27)31-19(12-32(20)22)16-6-9-34-13-16/h2,5-6,9-13,17H,3-4,7-8H2,1H3,(H,28,31)(H,30,33). The number of rotatable bonds is 7. The molecule has 0 atom stereocenters. The lowest BCUT2D eigenvalue weighted by atomic mass is 10.0. The van der Waals surface area contributed by atoms with Crippen molar-refractivity contribution in [3.8, 4) is 22.5 Å². The number of fused-ring (bicyclic) bond motifs is 1. The largest absolute Gasteiger partial charge is 0.472 e. The molecule has 4 aromatic rings. The average Bonchev–Trinajstić information content (AvgIpc) is 3.24. The number of benzene rings is 1. The third-order valence-electron chi connectivity index (χ3n) is 5.69. The molecule has 1 amide bonds. The third-order valence-corrected chi connectivity index (χ3v) is 5.69. The first-order valence-corrected chi connectivity index (χ1v) is 10.9. The highest BCUT2D eigenvalue weighted by Gasteiger charge is 2.27. The Balaban J connectivity index is 1.52. The van der Waals surface area contributed by atoms with Gasteiger partial charge in [-0.3, -0.25) is 9.20 Å². The maximum absolute atomic E-state index is 12.7. The van der Waals surface area contributed by atoms with Crippen LogP contribution in [0.4, 0.5) is 19.0 Å². The predicted octanol–water partition coefficient (Wildman–Crippen LogP) is 5.22. The number of anilines is 1. The van der Waals surface area contributed by atoms with Gasteiger partial charge in [-0.2, -0.15) is 13.2 Å². The number of aromatic nitrogens is 3. The summed E-state index contributed by atoms with van der Waals surface area (Å²) in [7, 11) is 0. The van der Waals surface area contributed by atoms with Crippen LogP contribution in [0.15, 0.2) is 53.6 Å². The molecular formula is C24H22F3N5O2. The topological polar surface area (TPSA) is 84.5 Å². The van der Waals surface area contributed by atoms with E-state index in [1.165, 1.54) is 12.5 Å². The lowest BCUT2D eigenvalue weighted by Crippen LogP contribution is -2.26. The first-order valence-electron chi connectivity index (χ1n) is 10.9. The van der Waals surface area contributed by atoms with E-state index in [1.54, 1.807) is 28.9 Å². The van der Waals surface area contributed by atoms with Crippen LogP contribution in [0.1, 0.15) is 35.2 Å². The van der Waals surface area contributed by atoms with Crippen molar-refractivity contribution in [1.82, 2.24) is 19.7 Å². The number of halogens is 3. The van der Waals surface area contributed by atoms with E-state index in [0.717, 1.165) is 29.7 Å². The molecule has 1 aliphatic carbocycles. The smallest absolute Gasteiger partial charge is 0.390 e. The molecule has 0 unspecified atom stereocenters. The molecule has 0 spiro atoms. The van der Waals surface area contributed by atoms with E-state index in [1.807, 2.05) is 19.1 Å². The summed E-state index contributed by atoms with van der Waals surface area (Å²) in [6, 6.07) is 7.51. The van der Waals surface area contributed by atoms with Crippen LogP contribution in [-0.2, 0) is 0 Å². The van der Waals surface area contributed by atoms with Crippen molar-refractivity contribution < 1.29 is 22.4 Å². The molecule has 1 fully saturated rings. The molecule has 5 rings (SSSR count). The van der Waals surface area contributed by atoms with Gasteiger partial charge in [0, 0.05) is 35.5 Å². The quantitative estimate of drug-likeness (QED) is 0.388. The Hall–Kier alpha value is -3.82. The van der Waals surface area contributed by atoms with Gasteiger partial charge in [-0.05, 0) is 43.5 Å². The fourth-order valence-electron chi connectivity index (χ4n) is 3.76. The number of nitrogens with zero attached hydrogens (tertiary/aromatic N) is 3. The van der Waals surface area contributed by atoms with Gasteiger partial charge < -0.3 is 15.1 Å². The van der Waals surface area contributed by atoms with Gasteiger partial charge in [-0.25, -0.2) is 9.97 Å². The number of nitrogens with one attached hydrogen (secondary N) is 2. The van der Waals surface area contributed by atoms with E-state index < -0.39 is 12.6 Å². The van der Waals surface area contributed by atoms with Crippen molar-refractivity contribution in [2.24, 2.45) is 0 Å². The van der Waals surface area contributed by atoms with Gasteiger partial charge in [0.15, 0.2) is 11.5 Å². The highest BCUT2D eigenvalue weighted by molar-refractivity contribution is 5.96. The molecular weight excluding hydrogens is 447 g/mol. The Morgan fingerprint density at radius 1 is 1.24 bits per heavy atom. The van der Waals surface area contributed by atoms with Crippen molar-refractivity contribution in [3.63, 3.8) is 0 Å². The third kappa shape index (κ3) is 4.61. The second-order valence-corrected chi connectivity index (χ2v) is 8.39. The van der Waals surface area contributed by atoms with Gasteiger partial charge >= 0.3 is 6.18 Å². The van der Waals surface area contributed by atoms with Gasteiger partial charge in [-0.15, -0.1) is 0 Å². The van der Waals surface area contributed by atoms with E-state index in [-0.39, 0.29) is 24.3 Å². The monoisotopic (exact) mass is 469 g/mol. The summed E-state index contributed by atoms with van der Waals surface area (Å²) in [5, 5.41) is 5.77. The van der Waals surface area contributed by atoms with Crippen molar-refractivity contribution in [1.29, 1.82) is 0 Å². The van der Waals surface area contributed by atoms with Crippen molar-refractivity contribution in [2.45, 2.75) is 38.4 Å². The molecule has 34 heavy (non-hydrogen) atoms. The van der Waals surface area contributed by atoms with E-state index in [0.29, 0.717) is 22.5 Å². The van der Waals surface area contributed by atoms with E-state index in [4.69, 9.17) is 4.42 Å². The lowest BCUT2D eigenvalue weighted by Gasteiger charge is -2.12. The summed E-state index contributed by atoms with van der Waals surface area (Å²) in [5.41, 5.74) is 4.57. The highest BCUT2D eigenvalue weighted by atomic mass is 19.4. The molecule has 0 saturated heterocycles. The van der Waals surface area contributed by atoms with Crippen LogP contribution in [0.25, 0.3) is 28.2 Å². The zero-order valence-electron chi connectivity index (χ0n) is 18.3. The Labute approximate surface area is 193 Å². The summed E-state index contributed by atoms with van der Waals surface area (Å²) < 4.78 is 45.0. The minimum atomic E-state index is -4.28. The molecule has 1 saturated carbocycles. The van der Waals surface area contributed by atoms with Crippen LogP contribution in [0, 0.1) is 6.92 Å². The van der Waals surface area contributed by atoms with Crippen LogP contribution < -0.4 is 10.6 Å². The number of hydrogen-bond donors (Lipinski definition) is 2. The maximum atomic E-state index is 12.7. The van der Waals surface area contributed by atoms with E-state index in [9.17, 15) is 18.0 Å². The molecule has 0 aliphatic heterocycles. The number of carbonyl (C=O) groups is 1. The van der Waals surface area contributed by atoms with E-state index >= 15 is 0 Å². The zero-order valence-corrected chi connectivity index (χ0v) is 18.3. The number of furan rings is 1.